The second-order valence-electron chi connectivity index (χ2n) is 4.42. The Morgan fingerprint density at radius 3 is 2.62 bits per heavy atom. The summed E-state index contributed by atoms with van der Waals surface area (Å²) in [5.74, 6) is -0.728. The van der Waals surface area contributed by atoms with Gasteiger partial charge in [0.05, 0.1) is 12.0 Å². The first kappa shape index (κ1) is 9.53. The van der Waals surface area contributed by atoms with Crippen molar-refractivity contribution < 1.29 is 8.78 Å². The van der Waals surface area contributed by atoms with E-state index in [4.69, 9.17) is 5.26 Å². The van der Waals surface area contributed by atoms with Crippen molar-refractivity contribution >= 4 is 5.57 Å². The molecule has 0 spiro atoms. The molecule has 2 aliphatic carbocycles. The summed E-state index contributed by atoms with van der Waals surface area (Å²) in [6, 6.07) is 6.23. The first-order valence-corrected chi connectivity index (χ1v) is 5.26. The number of fused-ring (bicyclic) bond motifs is 1. The quantitative estimate of drug-likeness (QED) is 0.708. The molecule has 0 saturated heterocycles. The Labute approximate surface area is 92.0 Å². The molecule has 0 heterocycles. The lowest BCUT2D eigenvalue weighted by Crippen LogP contribution is -1.90. The molecular formula is C13H9F2N. The van der Waals surface area contributed by atoms with Crippen molar-refractivity contribution in [3.63, 3.8) is 0 Å². The van der Waals surface area contributed by atoms with Gasteiger partial charge in [0, 0.05) is 0 Å². The largest absolute Gasteiger partial charge is 0.204 e. The van der Waals surface area contributed by atoms with Crippen molar-refractivity contribution in [3.8, 4) is 6.07 Å². The van der Waals surface area contributed by atoms with E-state index in [0.29, 0.717) is 11.8 Å². The first-order chi connectivity index (χ1) is 7.70. The lowest BCUT2D eigenvalue weighted by Gasteiger charge is -2.05. The average Bonchev–Trinajstić information content (AvgIpc) is 2.74. The van der Waals surface area contributed by atoms with Gasteiger partial charge in [-0.3, -0.25) is 0 Å². The summed E-state index contributed by atoms with van der Waals surface area (Å²) in [6.45, 7) is 0. The minimum atomic E-state index is -0.817. The molecule has 1 aromatic carbocycles. The van der Waals surface area contributed by atoms with Gasteiger partial charge in [0.25, 0.3) is 0 Å². The molecule has 0 radical (unpaired) electrons. The Hall–Kier alpha value is -1.69. The van der Waals surface area contributed by atoms with Gasteiger partial charge in [-0.05, 0) is 41.5 Å². The Bertz CT molecular complexity index is 527. The molecule has 0 bridgehead atoms. The van der Waals surface area contributed by atoms with Gasteiger partial charge < -0.3 is 0 Å². The molecule has 1 fully saturated rings. The van der Waals surface area contributed by atoms with E-state index in [0.717, 1.165) is 23.6 Å². The van der Waals surface area contributed by atoms with Gasteiger partial charge in [-0.15, -0.1) is 0 Å². The van der Waals surface area contributed by atoms with Gasteiger partial charge >= 0.3 is 0 Å². The van der Waals surface area contributed by atoms with Crippen molar-refractivity contribution in [1.82, 2.24) is 0 Å². The molecule has 3 unspecified atom stereocenters. The Kier molecular flexibility index (Phi) is 1.88. The molecule has 1 nitrogen and oxygen atoms in total. The fourth-order valence-electron chi connectivity index (χ4n) is 2.54. The Morgan fingerprint density at radius 2 is 2.06 bits per heavy atom. The molecule has 0 N–H and O–H groups in total. The number of rotatable bonds is 1. The number of benzene rings is 1. The molecular weight excluding hydrogens is 208 g/mol. The zero-order chi connectivity index (χ0) is 11.3. The maximum atomic E-state index is 13.0. The Balaban J connectivity index is 1.88. The SMILES string of the molecule is N#CC1C2C=C(c3ccc(F)c(F)c3)CC12. The number of halogens is 2. The second-order valence-corrected chi connectivity index (χ2v) is 4.42. The van der Waals surface area contributed by atoms with Gasteiger partial charge in [-0.2, -0.15) is 5.26 Å². The van der Waals surface area contributed by atoms with Crippen LogP contribution in [0.25, 0.3) is 5.57 Å². The molecule has 0 amide bonds. The Morgan fingerprint density at radius 1 is 1.25 bits per heavy atom. The van der Waals surface area contributed by atoms with Crippen molar-refractivity contribution in [3.05, 3.63) is 41.5 Å². The molecule has 0 aromatic heterocycles. The number of nitrogens with zero attached hydrogens (tertiary/aromatic N) is 1. The minimum absolute atomic E-state index is 0.147. The van der Waals surface area contributed by atoms with Gasteiger partial charge in [0.2, 0.25) is 0 Å². The minimum Gasteiger partial charge on any atom is -0.204 e. The summed E-state index contributed by atoms with van der Waals surface area (Å²) in [5.41, 5.74) is 1.78. The zero-order valence-corrected chi connectivity index (χ0v) is 8.45. The normalized spacial score (nSPS) is 30.6. The third-order valence-corrected chi connectivity index (χ3v) is 3.52. The van der Waals surface area contributed by atoms with Crippen LogP contribution in [0.1, 0.15) is 12.0 Å². The van der Waals surface area contributed by atoms with Crippen LogP contribution in [0, 0.1) is 40.7 Å². The fourth-order valence-corrected chi connectivity index (χ4v) is 2.54. The van der Waals surface area contributed by atoms with Gasteiger partial charge in [0.15, 0.2) is 11.6 Å². The van der Waals surface area contributed by atoms with Crippen LogP contribution in [0.15, 0.2) is 24.3 Å². The van der Waals surface area contributed by atoms with Crippen molar-refractivity contribution in [2.45, 2.75) is 6.42 Å². The van der Waals surface area contributed by atoms with E-state index in [-0.39, 0.29) is 5.92 Å². The van der Waals surface area contributed by atoms with Crippen LogP contribution in [0.2, 0.25) is 0 Å². The van der Waals surface area contributed by atoms with E-state index in [1.54, 1.807) is 6.07 Å². The second kappa shape index (κ2) is 3.15. The van der Waals surface area contributed by atoms with Crippen molar-refractivity contribution in [2.75, 3.05) is 0 Å². The molecule has 80 valence electrons. The van der Waals surface area contributed by atoms with E-state index < -0.39 is 11.6 Å². The standard InChI is InChI=1S/C13H9F2N/c14-12-2-1-7(5-13(12)15)8-3-9-10(4-8)11(9)6-16/h1-3,5,9-11H,4H2. The van der Waals surface area contributed by atoms with E-state index in [1.807, 2.05) is 6.08 Å². The summed E-state index contributed by atoms with van der Waals surface area (Å²) in [5, 5.41) is 8.76. The van der Waals surface area contributed by atoms with Crippen molar-refractivity contribution in [1.29, 1.82) is 5.26 Å². The van der Waals surface area contributed by atoms with E-state index in [9.17, 15) is 8.78 Å². The summed E-state index contributed by atoms with van der Waals surface area (Å²) in [4.78, 5) is 0. The number of allylic oxidation sites excluding steroid dienone is 2. The average molecular weight is 217 g/mol. The fraction of sp³-hybridized carbons (Fsp3) is 0.308. The highest BCUT2D eigenvalue weighted by Gasteiger charge is 2.52. The highest BCUT2D eigenvalue weighted by molar-refractivity contribution is 5.70. The maximum Gasteiger partial charge on any atom is 0.159 e. The van der Waals surface area contributed by atoms with Crippen LogP contribution < -0.4 is 0 Å². The molecule has 1 aromatic rings. The monoisotopic (exact) mass is 217 g/mol. The van der Waals surface area contributed by atoms with Crippen LogP contribution in [-0.2, 0) is 0 Å². The van der Waals surface area contributed by atoms with E-state index in [2.05, 4.69) is 6.07 Å². The molecule has 3 heteroatoms. The molecule has 0 aliphatic heterocycles. The van der Waals surface area contributed by atoms with Crippen LogP contribution in [0.5, 0.6) is 0 Å². The number of hydrogen-bond donors (Lipinski definition) is 0. The van der Waals surface area contributed by atoms with Gasteiger partial charge in [-0.25, -0.2) is 8.78 Å². The van der Waals surface area contributed by atoms with Crippen LogP contribution >= 0.6 is 0 Å². The molecule has 3 atom stereocenters. The summed E-state index contributed by atoms with van der Waals surface area (Å²) in [7, 11) is 0. The number of nitriles is 1. The third kappa shape index (κ3) is 1.26. The summed E-state index contributed by atoms with van der Waals surface area (Å²) < 4.78 is 25.8. The van der Waals surface area contributed by atoms with Crippen LogP contribution in [0.4, 0.5) is 8.78 Å². The van der Waals surface area contributed by atoms with Crippen LogP contribution in [0.3, 0.4) is 0 Å². The highest BCUT2D eigenvalue weighted by Crippen LogP contribution is 2.57. The van der Waals surface area contributed by atoms with E-state index >= 15 is 0 Å². The van der Waals surface area contributed by atoms with Crippen molar-refractivity contribution in [2.24, 2.45) is 17.8 Å². The van der Waals surface area contributed by atoms with E-state index in [1.165, 1.54) is 6.07 Å². The maximum absolute atomic E-state index is 13.0. The molecule has 3 rings (SSSR count). The smallest absolute Gasteiger partial charge is 0.159 e. The predicted molar refractivity (Wildman–Crippen MR) is 55.0 cm³/mol. The summed E-state index contributed by atoms with van der Waals surface area (Å²) in [6.07, 6.45) is 2.85. The van der Waals surface area contributed by atoms with Crippen LogP contribution in [-0.4, -0.2) is 0 Å². The topological polar surface area (TPSA) is 23.8 Å². The number of hydrogen-bond acceptors (Lipinski definition) is 1. The lowest BCUT2D eigenvalue weighted by molar-refractivity contribution is 0.508. The van der Waals surface area contributed by atoms with Gasteiger partial charge in [-0.1, -0.05) is 12.1 Å². The summed E-state index contributed by atoms with van der Waals surface area (Å²) >= 11 is 0. The zero-order valence-electron chi connectivity index (χ0n) is 8.45. The molecule has 16 heavy (non-hydrogen) atoms. The first-order valence-electron chi connectivity index (χ1n) is 5.26. The lowest BCUT2D eigenvalue weighted by atomic mass is 10.0. The molecule has 2 aliphatic rings. The third-order valence-electron chi connectivity index (χ3n) is 3.52. The molecule has 1 saturated carbocycles. The predicted octanol–water partition coefficient (Wildman–Crippen LogP) is 3.14. The highest BCUT2D eigenvalue weighted by atomic mass is 19.2. The van der Waals surface area contributed by atoms with Gasteiger partial charge in [0.1, 0.15) is 0 Å².